The Kier molecular flexibility index (Phi) is 4.68. The molecule has 0 unspecified atom stereocenters. The van der Waals surface area contributed by atoms with Gasteiger partial charge in [-0.05, 0) is 13.0 Å². The molecule has 1 fully saturated rings. The zero-order chi connectivity index (χ0) is 16.2. The molecule has 1 saturated heterocycles. The van der Waals surface area contributed by atoms with Gasteiger partial charge in [0, 0.05) is 30.4 Å². The summed E-state index contributed by atoms with van der Waals surface area (Å²) in [5.41, 5.74) is 1.11. The maximum Gasteiger partial charge on any atom is 0.274 e. The highest BCUT2D eigenvalue weighted by molar-refractivity contribution is 7.13. The third kappa shape index (κ3) is 3.74. The van der Waals surface area contributed by atoms with Crippen molar-refractivity contribution in [2.75, 3.05) is 31.6 Å². The first kappa shape index (κ1) is 15.6. The molecule has 9 heteroatoms. The van der Waals surface area contributed by atoms with Gasteiger partial charge in [0.15, 0.2) is 10.8 Å². The molecule has 0 bridgehead atoms. The topological polar surface area (TPSA) is 89.4 Å². The van der Waals surface area contributed by atoms with Crippen molar-refractivity contribution < 1.29 is 14.3 Å². The number of aryl methyl sites for hydroxylation is 1. The highest BCUT2D eigenvalue weighted by Crippen LogP contribution is 2.12. The number of hydrogen-bond donors (Lipinski definition) is 1. The SMILES string of the molecule is Cc1cc(C(=O)N2CCOCC2)nn1CC(=O)Nc1nccs1. The van der Waals surface area contributed by atoms with Crippen LogP contribution in [0.4, 0.5) is 5.13 Å². The average Bonchev–Trinajstić information content (AvgIpc) is 3.18. The number of aromatic nitrogens is 3. The summed E-state index contributed by atoms with van der Waals surface area (Å²) < 4.78 is 6.76. The number of amides is 2. The second-order valence-corrected chi connectivity index (χ2v) is 6.01. The molecule has 122 valence electrons. The van der Waals surface area contributed by atoms with Gasteiger partial charge >= 0.3 is 0 Å². The van der Waals surface area contributed by atoms with E-state index < -0.39 is 0 Å². The number of nitrogens with one attached hydrogen (secondary N) is 1. The van der Waals surface area contributed by atoms with E-state index in [4.69, 9.17) is 4.74 Å². The standard InChI is InChI=1S/C14H17N5O3S/c1-10-8-11(13(21)18-3-5-22-6-4-18)17-19(10)9-12(20)16-14-15-2-7-23-14/h2,7-8H,3-6,9H2,1H3,(H,15,16,20). The maximum atomic E-state index is 12.4. The number of carbonyl (C=O) groups excluding carboxylic acids is 2. The fraction of sp³-hybridized carbons (Fsp3) is 0.429. The van der Waals surface area contributed by atoms with Gasteiger partial charge in [-0.15, -0.1) is 11.3 Å². The van der Waals surface area contributed by atoms with Crippen molar-refractivity contribution in [3.05, 3.63) is 29.0 Å². The molecule has 0 saturated carbocycles. The molecule has 2 amide bonds. The summed E-state index contributed by atoms with van der Waals surface area (Å²) in [7, 11) is 0. The fourth-order valence-electron chi connectivity index (χ4n) is 2.28. The van der Waals surface area contributed by atoms with Crippen molar-refractivity contribution in [3.63, 3.8) is 0 Å². The number of ether oxygens (including phenoxy) is 1. The minimum Gasteiger partial charge on any atom is -0.378 e. The Labute approximate surface area is 137 Å². The Hall–Kier alpha value is -2.26. The number of anilines is 1. The molecule has 3 heterocycles. The van der Waals surface area contributed by atoms with Crippen LogP contribution in [0, 0.1) is 6.92 Å². The van der Waals surface area contributed by atoms with Gasteiger partial charge in [0.1, 0.15) is 6.54 Å². The van der Waals surface area contributed by atoms with Gasteiger partial charge in [-0.3, -0.25) is 14.3 Å². The van der Waals surface area contributed by atoms with Crippen molar-refractivity contribution in [1.82, 2.24) is 19.7 Å². The Morgan fingerprint density at radius 2 is 2.17 bits per heavy atom. The Bertz CT molecular complexity index is 691. The number of hydrogen-bond acceptors (Lipinski definition) is 6. The first-order valence-electron chi connectivity index (χ1n) is 7.24. The van der Waals surface area contributed by atoms with Crippen molar-refractivity contribution in [1.29, 1.82) is 0 Å². The summed E-state index contributed by atoms with van der Waals surface area (Å²) in [4.78, 5) is 30.1. The van der Waals surface area contributed by atoms with Gasteiger partial charge in [-0.2, -0.15) is 5.10 Å². The van der Waals surface area contributed by atoms with E-state index >= 15 is 0 Å². The van der Waals surface area contributed by atoms with Crippen LogP contribution in [-0.2, 0) is 16.1 Å². The normalized spacial score (nSPS) is 14.7. The van der Waals surface area contributed by atoms with Crippen LogP contribution in [0.1, 0.15) is 16.2 Å². The lowest BCUT2D eigenvalue weighted by atomic mass is 10.3. The molecule has 2 aromatic rings. The van der Waals surface area contributed by atoms with E-state index in [0.29, 0.717) is 37.1 Å². The van der Waals surface area contributed by atoms with Gasteiger partial charge < -0.3 is 15.0 Å². The number of nitrogens with zero attached hydrogens (tertiary/aromatic N) is 4. The van der Waals surface area contributed by atoms with Gasteiger partial charge in [0.2, 0.25) is 5.91 Å². The van der Waals surface area contributed by atoms with Crippen LogP contribution >= 0.6 is 11.3 Å². The van der Waals surface area contributed by atoms with Crippen molar-refractivity contribution in [2.45, 2.75) is 13.5 Å². The summed E-state index contributed by atoms with van der Waals surface area (Å²) in [6.45, 7) is 4.08. The molecule has 8 nitrogen and oxygen atoms in total. The molecule has 0 spiro atoms. The summed E-state index contributed by atoms with van der Waals surface area (Å²) >= 11 is 1.35. The summed E-state index contributed by atoms with van der Waals surface area (Å²) in [5.74, 6) is -0.355. The van der Waals surface area contributed by atoms with Crippen molar-refractivity contribution >= 4 is 28.3 Å². The minimum atomic E-state index is -0.225. The molecular formula is C14H17N5O3S. The zero-order valence-electron chi connectivity index (χ0n) is 12.7. The molecule has 0 aromatic carbocycles. The van der Waals surface area contributed by atoms with Crippen LogP contribution in [0.3, 0.4) is 0 Å². The molecule has 1 aliphatic heterocycles. The van der Waals surface area contributed by atoms with E-state index in [1.165, 1.54) is 16.0 Å². The van der Waals surface area contributed by atoms with Crippen molar-refractivity contribution in [3.8, 4) is 0 Å². The monoisotopic (exact) mass is 335 g/mol. The van der Waals surface area contributed by atoms with Gasteiger partial charge in [-0.1, -0.05) is 0 Å². The first-order chi connectivity index (χ1) is 11.1. The van der Waals surface area contributed by atoms with Gasteiger partial charge in [0.25, 0.3) is 5.91 Å². The van der Waals surface area contributed by atoms with E-state index in [1.807, 2.05) is 6.92 Å². The third-order valence-electron chi connectivity index (χ3n) is 3.47. The average molecular weight is 335 g/mol. The molecule has 3 rings (SSSR count). The molecule has 0 radical (unpaired) electrons. The molecule has 1 aliphatic rings. The first-order valence-corrected chi connectivity index (χ1v) is 8.12. The Morgan fingerprint density at radius 1 is 1.39 bits per heavy atom. The summed E-state index contributed by atoms with van der Waals surface area (Å²) in [6.07, 6.45) is 1.62. The van der Waals surface area contributed by atoms with E-state index in [9.17, 15) is 9.59 Å². The predicted molar refractivity (Wildman–Crippen MR) is 84.4 cm³/mol. The Balaban J connectivity index is 1.65. The fourth-order valence-corrected chi connectivity index (χ4v) is 2.83. The van der Waals surface area contributed by atoms with Crippen molar-refractivity contribution in [2.24, 2.45) is 0 Å². The van der Waals surface area contributed by atoms with E-state index in [1.54, 1.807) is 22.5 Å². The van der Waals surface area contributed by atoms with Crippen LogP contribution in [0.5, 0.6) is 0 Å². The molecule has 2 aromatic heterocycles. The van der Waals surface area contributed by atoms with E-state index in [2.05, 4.69) is 15.4 Å². The second kappa shape index (κ2) is 6.88. The molecule has 23 heavy (non-hydrogen) atoms. The lowest BCUT2D eigenvalue weighted by Crippen LogP contribution is -2.40. The van der Waals surface area contributed by atoms with Crippen LogP contribution in [-0.4, -0.2) is 57.8 Å². The van der Waals surface area contributed by atoms with Gasteiger partial charge in [0.05, 0.1) is 13.2 Å². The highest BCUT2D eigenvalue weighted by Gasteiger charge is 2.22. The maximum absolute atomic E-state index is 12.4. The quantitative estimate of drug-likeness (QED) is 0.891. The highest BCUT2D eigenvalue weighted by atomic mass is 32.1. The molecule has 0 atom stereocenters. The molecule has 1 N–H and O–H groups in total. The predicted octanol–water partition coefficient (Wildman–Crippen LogP) is 0.759. The van der Waals surface area contributed by atoms with Crippen LogP contribution < -0.4 is 5.32 Å². The van der Waals surface area contributed by atoms with E-state index in [0.717, 1.165) is 5.69 Å². The third-order valence-corrected chi connectivity index (χ3v) is 4.16. The van der Waals surface area contributed by atoms with Crippen LogP contribution in [0.25, 0.3) is 0 Å². The van der Waals surface area contributed by atoms with Gasteiger partial charge in [-0.25, -0.2) is 4.98 Å². The second-order valence-electron chi connectivity index (χ2n) is 5.12. The smallest absolute Gasteiger partial charge is 0.274 e. The van der Waals surface area contributed by atoms with Crippen LogP contribution in [0.15, 0.2) is 17.6 Å². The number of morpholine rings is 1. The largest absolute Gasteiger partial charge is 0.378 e. The van der Waals surface area contributed by atoms with E-state index in [-0.39, 0.29) is 18.4 Å². The lowest BCUT2D eigenvalue weighted by Gasteiger charge is -2.25. The lowest BCUT2D eigenvalue weighted by molar-refractivity contribution is -0.116. The van der Waals surface area contributed by atoms with Crippen LogP contribution in [0.2, 0.25) is 0 Å². The minimum absolute atomic E-state index is 0.0435. The Morgan fingerprint density at radius 3 is 2.87 bits per heavy atom. The zero-order valence-corrected chi connectivity index (χ0v) is 13.5. The molecular weight excluding hydrogens is 318 g/mol. The number of rotatable bonds is 4. The number of thiazole rings is 1. The summed E-state index contributed by atoms with van der Waals surface area (Å²) in [5, 5.41) is 9.29. The number of carbonyl (C=O) groups is 2. The summed E-state index contributed by atoms with van der Waals surface area (Å²) in [6, 6.07) is 1.70. The molecule has 0 aliphatic carbocycles.